The van der Waals surface area contributed by atoms with Crippen LogP contribution in [0.5, 0.6) is 0 Å². The maximum atomic E-state index is 14.1. The first-order chi connectivity index (χ1) is 20.4. The zero-order valence-electron chi connectivity index (χ0n) is 23.4. The average Bonchev–Trinajstić information content (AvgIpc) is 3.11. The molecule has 3 aromatic rings. The van der Waals surface area contributed by atoms with Gasteiger partial charge in [0.25, 0.3) is 5.91 Å². The summed E-state index contributed by atoms with van der Waals surface area (Å²) in [5, 5.41) is 4.63. The molecule has 0 saturated carbocycles. The predicted octanol–water partition coefficient (Wildman–Crippen LogP) is 4.55. The van der Waals surface area contributed by atoms with Gasteiger partial charge in [0.1, 0.15) is 0 Å². The van der Waals surface area contributed by atoms with Crippen LogP contribution in [0.15, 0.2) is 71.7 Å². The highest BCUT2D eigenvalue weighted by atomic mass is 35.5. The molecule has 3 N–H and O–H groups in total. The van der Waals surface area contributed by atoms with E-state index in [0.29, 0.717) is 34.4 Å². The van der Waals surface area contributed by atoms with Crippen LogP contribution in [0, 0.1) is 0 Å². The number of fused-ring (bicyclic) bond motifs is 1. The standard InChI is InChI=1S/C32H35Cl2N5O3/c33-25-13-12-22(27(34)21-25)5-3-14-36-31-32(41)39(16-4-15-38-17-19-42-20-18-38)28-7-2-1-6-26(28)29(37-31)23-8-10-24(11-9-23)30(35)40/h1-2,6-13,21,31,36H,3-5,14-20H2,(H2,35,40). The molecule has 3 aromatic carbocycles. The molecule has 5 rings (SSSR count). The van der Waals surface area contributed by atoms with E-state index in [1.54, 1.807) is 18.2 Å². The minimum absolute atomic E-state index is 0.0993. The normalized spacial score (nSPS) is 17.5. The Morgan fingerprint density at radius 1 is 1.00 bits per heavy atom. The fraction of sp³-hybridized carbons (Fsp3) is 0.344. The summed E-state index contributed by atoms with van der Waals surface area (Å²) >= 11 is 12.4. The van der Waals surface area contributed by atoms with Crippen molar-refractivity contribution in [3.63, 3.8) is 0 Å². The Hall–Kier alpha value is -3.27. The number of aryl methyl sites for hydroxylation is 1. The summed E-state index contributed by atoms with van der Waals surface area (Å²) in [6.07, 6.45) is 1.53. The Labute approximate surface area is 256 Å². The van der Waals surface area contributed by atoms with E-state index in [-0.39, 0.29) is 5.91 Å². The Bertz CT molecular complexity index is 1440. The van der Waals surface area contributed by atoms with Gasteiger partial charge < -0.3 is 15.4 Å². The number of benzodiazepines with no additional fused rings is 1. The molecule has 1 saturated heterocycles. The fourth-order valence-corrected chi connectivity index (χ4v) is 5.84. The zero-order chi connectivity index (χ0) is 29.5. The van der Waals surface area contributed by atoms with Crippen LogP contribution in [0.1, 0.15) is 39.9 Å². The van der Waals surface area contributed by atoms with Crippen molar-refractivity contribution < 1.29 is 14.3 Å². The first-order valence-electron chi connectivity index (χ1n) is 14.3. The SMILES string of the molecule is NC(=O)c1ccc(C2=NC(NCCCc3ccc(Cl)cc3Cl)C(=O)N(CCCN3CCOCC3)c3ccccc32)cc1. The number of primary amides is 1. The summed E-state index contributed by atoms with van der Waals surface area (Å²) in [7, 11) is 0. The second kappa shape index (κ2) is 14.3. The summed E-state index contributed by atoms with van der Waals surface area (Å²) in [5.74, 6) is -0.593. The second-order valence-corrected chi connectivity index (χ2v) is 11.3. The highest BCUT2D eigenvalue weighted by molar-refractivity contribution is 6.35. The molecular formula is C32H35Cl2N5O3. The van der Waals surface area contributed by atoms with Crippen molar-refractivity contribution in [2.45, 2.75) is 25.4 Å². The number of nitrogens with two attached hydrogens (primary N) is 1. The van der Waals surface area contributed by atoms with Crippen LogP contribution in [-0.2, 0) is 16.0 Å². The number of carbonyl (C=O) groups is 2. The monoisotopic (exact) mass is 607 g/mol. The first-order valence-corrected chi connectivity index (χ1v) is 15.0. The van der Waals surface area contributed by atoms with E-state index >= 15 is 0 Å². The van der Waals surface area contributed by atoms with Crippen LogP contribution in [0.2, 0.25) is 10.0 Å². The highest BCUT2D eigenvalue weighted by Crippen LogP contribution is 2.29. The van der Waals surface area contributed by atoms with Crippen molar-refractivity contribution >= 4 is 46.4 Å². The molecule has 0 aromatic heterocycles. The quantitative estimate of drug-likeness (QED) is 0.312. The lowest BCUT2D eigenvalue weighted by Crippen LogP contribution is -2.46. The second-order valence-electron chi connectivity index (χ2n) is 10.4. The van der Waals surface area contributed by atoms with Crippen molar-refractivity contribution in [1.82, 2.24) is 10.2 Å². The summed E-state index contributed by atoms with van der Waals surface area (Å²) < 4.78 is 5.48. The van der Waals surface area contributed by atoms with Gasteiger partial charge in [0.2, 0.25) is 5.91 Å². The van der Waals surface area contributed by atoms with Gasteiger partial charge in [-0.05, 0) is 61.7 Å². The Morgan fingerprint density at radius 3 is 2.50 bits per heavy atom. The lowest BCUT2D eigenvalue weighted by atomic mass is 9.99. The number of anilines is 1. The van der Waals surface area contributed by atoms with Gasteiger partial charge in [-0.1, -0.05) is 59.6 Å². The number of hydrogen-bond donors (Lipinski definition) is 2. The molecule has 220 valence electrons. The maximum absolute atomic E-state index is 14.1. The molecule has 0 radical (unpaired) electrons. The first kappa shape index (κ1) is 30.2. The topological polar surface area (TPSA) is 100 Å². The van der Waals surface area contributed by atoms with E-state index in [0.717, 1.165) is 74.5 Å². The van der Waals surface area contributed by atoms with Gasteiger partial charge in [0, 0.05) is 52.9 Å². The number of nitrogens with zero attached hydrogens (tertiary/aromatic N) is 3. The summed E-state index contributed by atoms with van der Waals surface area (Å²) in [5.41, 5.74) is 10.1. The van der Waals surface area contributed by atoms with Crippen LogP contribution in [0.3, 0.4) is 0 Å². The number of carbonyl (C=O) groups excluding carboxylic acids is 2. The number of ether oxygens (including phenoxy) is 1. The van der Waals surface area contributed by atoms with Crippen molar-refractivity contribution in [3.05, 3.63) is 99.0 Å². The molecule has 0 bridgehead atoms. The Morgan fingerprint density at radius 2 is 1.76 bits per heavy atom. The molecule has 2 heterocycles. The van der Waals surface area contributed by atoms with Crippen molar-refractivity contribution in [3.8, 4) is 0 Å². The number of halogens is 2. The number of hydrogen-bond acceptors (Lipinski definition) is 6. The third kappa shape index (κ3) is 7.38. The molecule has 10 heteroatoms. The van der Waals surface area contributed by atoms with Gasteiger partial charge in [-0.15, -0.1) is 0 Å². The van der Waals surface area contributed by atoms with Crippen molar-refractivity contribution in [2.75, 3.05) is 50.8 Å². The van der Waals surface area contributed by atoms with E-state index in [2.05, 4.69) is 10.2 Å². The average molecular weight is 609 g/mol. The molecule has 1 atom stereocenters. The van der Waals surface area contributed by atoms with Crippen molar-refractivity contribution in [2.24, 2.45) is 10.7 Å². The fourth-order valence-electron chi connectivity index (χ4n) is 5.33. The molecule has 2 amide bonds. The lowest BCUT2D eigenvalue weighted by molar-refractivity contribution is -0.120. The van der Waals surface area contributed by atoms with Crippen LogP contribution >= 0.6 is 23.2 Å². The van der Waals surface area contributed by atoms with E-state index in [1.165, 1.54) is 0 Å². The number of nitrogens with one attached hydrogen (secondary N) is 1. The predicted molar refractivity (Wildman–Crippen MR) is 168 cm³/mol. The van der Waals surface area contributed by atoms with Crippen LogP contribution in [0.4, 0.5) is 5.69 Å². The van der Waals surface area contributed by atoms with E-state index < -0.39 is 12.1 Å². The van der Waals surface area contributed by atoms with E-state index in [1.807, 2.05) is 53.4 Å². The van der Waals surface area contributed by atoms with Crippen LogP contribution < -0.4 is 16.0 Å². The number of para-hydroxylation sites is 1. The van der Waals surface area contributed by atoms with E-state index in [4.69, 9.17) is 38.7 Å². The number of morpholine rings is 1. The minimum atomic E-state index is -0.785. The smallest absolute Gasteiger partial charge is 0.266 e. The van der Waals surface area contributed by atoms with Gasteiger partial charge in [-0.2, -0.15) is 0 Å². The van der Waals surface area contributed by atoms with Crippen LogP contribution in [0.25, 0.3) is 0 Å². The van der Waals surface area contributed by atoms with E-state index in [9.17, 15) is 9.59 Å². The van der Waals surface area contributed by atoms with Gasteiger partial charge >= 0.3 is 0 Å². The summed E-state index contributed by atoms with van der Waals surface area (Å²) in [6, 6.07) is 20.4. The molecule has 8 nitrogen and oxygen atoms in total. The Kier molecular flexibility index (Phi) is 10.3. The minimum Gasteiger partial charge on any atom is -0.379 e. The van der Waals surface area contributed by atoms with Gasteiger partial charge in [0.05, 0.1) is 24.6 Å². The summed E-state index contributed by atoms with van der Waals surface area (Å²) in [4.78, 5) is 35.0. The lowest BCUT2D eigenvalue weighted by Gasteiger charge is -2.29. The third-order valence-electron chi connectivity index (χ3n) is 7.59. The number of rotatable bonds is 11. The van der Waals surface area contributed by atoms with Gasteiger partial charge in [-0.25, -0.2) is 0 Å². The molecule has 1 unspecified atom stereocenters. The van der Waals surface area contributed by atoms with Crippen molar-refractivity contribution in [1.29, 1.82) is 0 Å². The molecular weight excluding hydrogens is 573 g/mol. The number of amides is 2. The molecule has 1 fully saturated rings. The van der Waals surface area contributed by atoms with Gasteiger partial charge in [0.15, 0.2) is 6.17 Å². The molecule has 2 aliphatic heterocycles. The maximum Gasteiger partial charge on any atom is 0.266 e. The zero-order valence-corrected chi connectivity index (χ0v) is 24.9. The number of benzene rings is 3. The molecule has 0 spiro atoms. The molecule has 0 aliphatic carbocycles. The third-order valence-corrected chi connectivity index (χ3v) is 8.17. The van der Waals surface area contributed by atoms with Crippen LogP contribution in [-0.4, -0.2) is 74.5 Å². The van der Waals surface area contributed by atoms with Gasteiger partial charge in [-0.3, -0.25) is 24.8 Å². The number of aliphatic imine (C=N–C) groups is 1. The largest absolute Gasteiger partial charge is 0.379 e. The highest BCUT2D eigenvalue weighted by Gasteiger charge is 2.31. The molecule has 42 heavy (non-hydrogen) atoms. The molecule has 2 aliphatic rings. The Balaban J connectivity index is 1.39. The summed E-state index contributed by atoms with van der Waals surface area (Å²) in [6.45, 7) is 5.30.